The van der Waals surface area contributed by atoms with Crippen molar-refractivity contribution >= 4 is 50.3 Å². The Labute approximate surface area is 194 Å². The second-order valence-corrected chi connectivity index (χ2v) is 11.0. The van der Waals surface area contributed by atoms with Crippen molar-refractivity contribution in [2.75, 3.05) is 24.7 Å². The number of nitriles is 1. The molecule has 4 rings (SSSR count). The summed E-state index contributed by atoms with van der Waals surface area (Å²) < 4.78 is 25.7. The monoisotopic (exact) mass is 482 g/mol. The number of hydrogen-bond donors (Lipinski definition) is 0. The van der Waals surface area contributed by atoms with Crippen LogP contribution in [0.1, 0.15) is 5.01 Å². The maximum absolute atomic E-state index is 12.5. The second kappa shape index (κ2) is 8.88. The Morgan fingerprint density at radius 1 is 1.12 bits per heavy atom. The molecule has 1 amide bonds. The summed E-state index contributed by atoms with van der Waals surface area (Å²) in [4.78, 5) is 18.9. The van der Waals surface area contributed by atoms with E-state index in [2.05, 4.69) is 11.1 Å². The first-order valence-corrected chi connectivity index (χ1v) is 12.8. The quantitative estimate of drug-likeness (QED) is 0.510. The van der Waals surface area contributed by atoms with E-state index < -0.39 is 10.0 Å². The van der Waals surface area contributed by atoms with Crippen molar-refractivity contribution in [2.45, 2.75) is 4.90 Å². The summed E-state index contributed by atoms with van der Waals surface area (Å²) >= 11 is 2.63. The molecule has 1 fully saturated rings. The average molecular weight is 483 g/mol. The molecule has 0 aliphatic carbocycles. The molecule has 10 heteroatoms. The molecule has 1 saturated heterocycles. The Morgan fingerprint density at radius 2 is 1.81 bits per heavy atom. The van der Waals surface area contributed by atoms with Crippen molar-refractivity contribution in [1.29, 1.82) is 5.26 Å². The van der Waals surface area contributed by atoms with E-state index in [1.165, 1.54) is 49.3 Å². The Morgan fingerprint density at radius 3 is 2.44 bits per heavy atom. The van der Waals surface area contributed by atoms with Crippen molar-refractivity contribution in [3.63, 3.8) is 0 Å². The van der Waals surface area contributed by atoms with Gasteiger partial charge in [0.1, 0.15) is 21.7 Å². The maximum atomic E-state index is 12.5. The summed E-state index contributed by atoms with van der Waals surface area (Å²) in [6, 6.07) is 17.9. The van der Waals surface area contributed by atoms with Crippen LogP contribution in [0.25, 0.3) is 16.8 Å². The van der Waals surface area contributed by atoms with Gasteiger partial charge in [-0.15, -0.1) is 11.3 Å². The van der Waals surface area contributed by atoms with Crippen LogP contribution in [0.2, 0.25) is 0 Å². The second-order valence-electron chi connectivity index (χ2n) is 7.00. The molecular formula is C22H18N4O3S3. The van der Waals surface area contributed by atoms with Crippen LogP contribution in [-0.2, 0) is 14.8 Å². The molecule has 0 spiro atoms. The van der Waals surface area contributed by atoms with E-state index in [1.54, 1.807) is 17.0 Å². The number of thioether (sulfide) groups is 1. The number of carbonyl (C=O) groups excluding carboxylic acids is 1. The lowest BCUT2D eigenvalue weighted by atomic mass is 10.2. The van der Waals surface area contributed by atoms with Gasteiger partial charge < -0.3 is 0 Å². The summed E-state index contributed by atoms with van der Waals surface area (Å²) in [5.74, 6) is 0.175. The van der Waals surface area contributed by atoms with Gasteiger partial charge in [0.2, 0.25) is 15.9 Å². The molecule has 32 heavy (non-hydrogen) atoms. The first kappa shape index (κ1) is 22.2. The SMILES string of the molecule is CN(C)S(=O)(=O)c1ccc(-c2csc(/C(C#N)=C3/SCC(=O)N3c3ccccc3)n2)cc1. The van der Waals surface area contributed by atoms with Crippen LogP contribution >= 0.6 is 23.1 Å². The molecule has 0 saturated carbocycles. The minimum absolute atomic E-state index is 0.0848. The highest BCUT2D eigenvalue weighted by atomic mass is 32.2. The molecule has 3 aromatic rings. The molecule has 0 bridgehead atoms. The normalized spacial score (nSPS) is 15.8. The number of anilines is 1. The molecule has 162 valence electrons. The zero-order valence-electron chi connectivity index (χ0n) is 17.2. The number of rotatable bonds is 5. The van der Waals surface area contributed by atoms with E-state index in [0.717, 1.165) is 9.87 Å². The van der Waals surface area contributed by atoms with Gasteiger partial charge in [-0.05, 0) is 24.3 Å². The number of para-hydroxylation sites is 1. The lowest BCUT2D eigenvalue weighted by molar-refractivity contribution is -0.115. The lowest BCUT2D eigenvalue weighted by Gasteiger charge is -2.17. The van der Waals surface area contributed by atoms with Crippen LogP contribution in [0.4, 0.5) is 5.69 Å². The predicted octanol–water partition coefficient (Wildman–Crippen LogP) is 4.03. The molecular weight excluding hydrogens is 464 g/mol. The zero-order valence-corrected chi connectivity index (χ0v) is 19.7. The van der Waals surface area contributed by atoms with Crippen LogP contribution < -0.4 is 4.90 Å². The van der Waals surface area contributed by atoms with E-state index in [1.807, 2.05) is 35.7 Å². The largest absolute Gasteiger partial charge is 0.273 e. The van der Waals surface area contributed by atoms with Crippen molar-refractivity contribution in [3.8, 4) is 17.3 Å². The average Bonchev–Trinajstić information content (AvgIpc) is 3.43. The van der Waals surface area contributed by atoms with E-state index >= 15 is 0 Å². The van der Waals surface area contributed by atoms with Crippen molar-refractivity contribution in [3.05, 3.63) is 70.0 Å². The van der Waals surface area contributed by atoms with Crippen LogP contribution in [0.15, 0.2) is 69.9 Å². The van der Waals surface area contributed by atoms with Gasteiger partial charge in [-0.3, -0.25) is 9.69 Å². The highest BCUT2D eigenvalue weighted by Crippen LogP contribution is 2.40. The van der Waals surface area contributed by atoms with Crippen LogP contribution in [0, 0.1) is 11.3 Å². The van der Waals surface area contributed by atoms with Gasteiger partial charge in [0.25, 0.3) is 0 Å². The van der Waals surface area contributed by atoms with Gasteiger partial charge in [-0.25, -0.2) is 17.7 Å². The molecule has 0 atom stereocenters. The van der Waals surface area contributed by atoms with Gasteiger partial charge in [0.05, 0.1) is 16.3 Å². The molecule has 1 aromatic heterocycles. The first-order chi connectivity index (χ1) is 15.3. The smallest absolute Gasteiger partial charge is 0.242 e. The van der Waals surface area contributed by atoms with Crippen LogP contribution in [0.3, 0.4) is 0 Å². The number of nitrogens with zero attached hydrogens (tertiary/aromatic N) is 4. The zero-order chi connectivity index (χ0) is 22.9. The molecule has 0 N–H and O–H groups in total. The van der Waals surface area contributed by atoms with Gasteiger partial charge in [-0.1, -0.05) is 42.1 Å². The molecule has 0 radical (unpaired) electrons. The third kappa shape index (κ3) is 4.08. The van der Waals surface area contributed by atoms with Gasteiger partial charge in [0, 0.05) is 30.7 Å². The van der Waals surface area contributed by atoms with E-state index in [0.29, 0.717) is 27.0 Å². The molecule has 1 aliphatic rings. The summed E-state index contributed by atoms with van der Waals surface area (Å²) in [6.45, 7) is 0. The third-order valence-corrected chi connectivity index (χ3v) is 8.51. The molecule has 2 aromatic carbocycles. The number of benzene rings is 2. The number of hydrogen-bond acceptors (Lipinski definition) is 7. The van der Waals surface area contributed by atoms with E-state index in [9.17, 15) is 18.5 Å². The van der Waals surface area contributed by atoms with E-state index in [-0.39, 0.29) is 16.6 Å². The van der Waals surface area contributed by atoms with Crippen molar-refractivity contribution < 1.29 is 13.2 Å². The lowest BCUT2D eigenvalue weighted by Crippen LogP contribution is -2.24. The molecule has 7 nitrogen and oxygen atoms in total. The van der Waals surface area contributed by atoms with Gasteiger partial charge >= 0.3 is 0 Å². The number of carbonyl (C=O) groups is 1. The highest BCUT2D eigenvalue weighted by molar-refractivity contribution is 8.04. The number of allylic oxidation sites excluding steroid dienone is 1. The fourth-order valence-corrected chi connectivity index (χ4v) is 5.91. The topological polar surface area (TPSA) is 94.4 Å². The van der Waals surface area contributed by atoms with E-state index in [4.69, 9.17) is 0 Å². The minimum Gasteiger partial charge on any atom is -0.273 e. The minimum atomic E-state index is -3.51. The van der Waals surface area contributed by atoms with Crippen LogP contribution in [-0.4, -0.2) is 43.5 Å². The highest BCUT2D eigenvalue weighted by Gasteiger charge is 2.32. The van der Waals surface area contributed by atoms with Gasteiger partial charge in [-0.2, -0.15) is 5.26 Å². The van der Waals surface area contributed by atoms with Crippen molar-refractivity contribution in [1.82, 2.24) is 9.29 Å². The Balaban J connectivity index is 1.69. The number of amides is 1. The molecule has 0 unspecified atom stereocenters. The summed E-state index contributed by atoms with van der Waals surface area (Å²) in [6.07, 6.45) is 0. The van der Waals surface area contributed by atoms with Gasteiger partial charge in [0.15, 0.2) is 0 Å². The fraction of sp³-hybridized carbons (Fsp3) is 0.136. The number of aromatic nitrogens is 1. The summed E-state index contributed by atoms with van der Waals surface area (Å²) in [5.41, 5.74) is 2.42. The van der Waals surface area contributed by atoms with Crippen molar-refractivity contribution in [2.24, 2.45) is 0 Å². The standard InChI is InChI=1S/C22H18N4O3S3/c1-25(2)32(28,29)17-10-8-15(9-11-17)19-13-30-21(24-19)18(12-23)22-26(20(27)14-31-22)16-6-4-3-5-7-16/h3-11,13H,14H2,1-2H3/b22-18+. The molecule has 2 heterocycles. The summed E-state index contributed by atoms with van der Waals surface area (Å²) in [5, 5.41) is 12.8. The predicted molar refractivity (Wildman–Crippen MR) is 127 cm³/mol. The first-order valence-electron chi connectivity index (χ1n) is 9.47. The Kier molecular flexibility index (Phi) is 6.17. The Hall–Kier alpha value is -2.97. The van der Waals surface area contributed by atoms with Crippen LogP contribution in [0.5, 0.6) is 0 Å². The third-order valence-electron chi connectivity index (χ3n) is 4.77. The number of thiazole rings is 1. The maximum Gasteiger partial charge on any atom is 0.242 e. The number of sulfonamides is 1. The fourth-order valence-electron chi connectivity index (χ4n) is 3.11. The Bertz CT molecular complexity index is 1340. The summed E-state index contributed by atoms with van der Waals surface area (Å²) in [7, 11) is -0.545. The molecule has 1 aliphatic heterocycles.